The molecule has 2 heterocycles. The molecule has 0 aromatic carbocycles. The second-order valence-electron chi connectivity index (χ2n) is 3.77. The van der Waals surface area contributed by atoms with Crippen LogP contribution in [0.25, 0.3) is 0 Å². The van der Waals surface area contributed by atoms with E-state index in [0.29, 0.717) is 12.2 Å². The molecule has 14 heavy (non-hydrogen) atoms. The van der Waals surface area contributed by atoms with Gasteiger partial charge in [0.1, 0.15) is 5.78 Å². The van der Waals surface area contributed by atoms with Gasteiger partial charge in [-0.05, 0) is 12.5 Å². The Morgan fingerprint density at radius 1 is 1.71 bits per heavy atom. The zero-order chi connectivity index (χ0) is 9.97. The van der Waals surface area contributed by atoms with Gasteiger partial charge >= 0.3 is 0 Å². The molecule has 1 aliphatic heterocycles. The number of nitrogens with zero attached hydrogens (tertiary/aromatic N) is 2. The maximum absolute atomic E-state index is 11.6. The van der Waals surface area contributed by atoms with E-state index in [1.165, 1.54) is 0 Å². The molecule has 0 aliphatic carbocycles. The van der Waals surface area contributed by atoms with E-state index < -0.39 is 0 Å². The van der Waals surface area contributed by atoms with Crippen LogP contribution in [0.1, 0.15) is 12.1 Å². The molecule has 1 N–H and O–H groups in total. The average molecular weight is 193 g/mol. The molecule has 0 atom stereocenters. The molecule has 0 radical (unpaired) electrons. The fourth-order valence-corrected chi connectivity index (χ4v) is 1.62. The molecule has 76 valence electrons. The summed E-state index contributed by atoms with van der Waals surface area (Å²) in [6.07, 6.45) is 3.22. The van der Waals surface area contributed by atoms with Crippen molar-refractivity contribution in [1.82, 2.24) is 15.1 Å². The maximum Gasteiger partial charge on any atom is 0.138 e. The van der Waals surface area contributed by atoms with Crippen molar-refractivity contribution in [3.63, 3.8) is 0 Å². The molecule has 1 aliphatic rings. The van der Waals surface area contributed by atoms with Crippen molar-refractivity contribution in [3.8, 4) is 0 Å². The van der Waals surface area contributed by atoms with Crippen LogP contribution in [0.3, 0.4) is 0 Å². The van der Waals surface area contributed by atoms with Crippen LogP contribution in [-0.2, 0) is 18.3 Å². The summed E-state index contributed by atoms with van der Waals surface area (Å²) in [7, 11) is 1.91. The topological polar surface area (TPSA) is 46.9 Å². The van der Waals surface area contributed by atoms with Gasteiger partial charge in [0, 0.05) is 44.4 Å². The highest BCUT2D eigenvalue weighted by Crippen LogP contribution is 2.10. The van der Waals surface area contributed by atoms with Crippen LogP contribution in [0.2, 0.25) is 0 Å². The molecule has 0 spiro atoms. The number of aromatic nitrogens is 2. The summed E-state index contributed by atoms with van der Waals surface area (Å²) >= 11 is 0. The number of hydrogen-bond donors (Lipinski definition) is 1. The lowest BCUT2D eigenvalue weighted by Gasteiger charge is -2.25. The Balaban J connectivity index is 1.82. The number of aryl methyl sites for hydroxylation is 2. The van der Waals surface area contributed by atoms with Crippen LogP contribution in [0.4, 0.5) is 0 Å². The molecule has 0 amide bonds. The largest absolute Gasteiger partial charge is 0.315 e. The number of Topliss-reactive ketones (excluding diaryl/α,β-unsaturated/α-hetero) is 1. The molecule has 2 rings (SSSR count). The summed E-state index contributed by atoms with van der Waals surface area (Å²) in [4.78, 5) is 11.6. The van der Waals surface area contributed by atoms with Crippen molar-refractivity contribution in [3.05, 3.63) is 18.0 Å². The van der Waals surface area contributed by atoms with E-state index in [1.807, 2.05) is 17.8 Å². The van der Waals surface area contributed by atoms with Crippen LogP contribution < -0.4 is 5.32 Å². The fourth-order valence-electron chi connectivity index (χ4n) is 1.62. The Morgan fingerprint density at radius 3 is 3.00 bits per heavy atom. The first-order valence-electron chi connectivity index (χ1n) is 4.97. The summed E-state index contributed by atoms with van der Waals surface area (Å²) < 4.78 is 1.83. The van der Waals surface area contributed by atoms with Gasteiger partial charge in [0.25, 0.3) is 0 Å². The van der Waals surface area contributed by atoms with Crippen molar-refractivity contribution in [1.29, 1.82) is 0 Å². The molecule has 0 bridgehead atoms. The molecule has 0 saturated carbocycles. The zero-order valence-electron chi connectivity index (χ0n) is 8.36. The highest BCUT2D eigenvalue weighted by atomic mass is 16.1. The number of carbonyl (C=O) groups is 1. The molecule has 0 unspecified atom stereocenters. The van der Waals surface area contributed by atoms with Gasteiger partial charge in [0.15, 0.2) is 0 Å². The minimum absolute atomic E-state index is 0.267. The van der Waals surface area contributed by atoms with Crippen LogP contribution in [-0.4, -0.2) is 28.7 Å². The molecular formula is C10H15N3O. The number of nitrogens with one attached hydrogen (secondary N) is 1. The van der Waals surface area contributed by atoms with E-state index in [1.54, 1.807) is 6.20 Å². The van der Waals surface area contributed by atoms with Gasteiger partial charge < -0.3 is 5.32 Å². The minimum Gasteiger partial charge on any atom is -0.315 e. The number of hydrogen-bond acceptors (Lipinski definition) is 3. The average Bonchev–Trinajstić information content (AvgIpc) is 2.44. The van der Waals surface area contributed by atoms with E-state index in [9.17, 15) is 4.79 Å². The first kappa shape index (κ1) is 9.40. The zero-order valence-corrected chi connectivity index (χ0v) is 8.36. The Bertz CT molecular complexity index is 328. The van der Waals surface area contributed by atoms with Crippen molar-refractivity contribution in [2.24, 2.45) is 13.0 Å². The third-order valence-corrected chi connectivity index (χ3v) is 2.79. The summed E-state index contributed by atoms with van der Waals surface area (Å²) in [6, 6.07) is 1.96. The van der Waals surface area contributed by atoms with Crippen LogP contribution in [0.15, 0.2) is 12.3 Å². The second-order valence-corrected chi connectivity index (χ2v) is 3.77. The summed E-state index contributed by atoms with van der Waals surface area (Å²) in [6.45, 7) is 1.73. The van der Waals surface area contributed by atoms with Crippen molar-refractivity contribution in [2.45, 2.75) is 12.8 Å². The van der Waals surface area contributed by atoms with Crippen LogP contribution in [0, 0.1) is 5.92 Å². The Kier molecular flexibility index (Phi) is 2.63. The highest BCUT2D eigenvalue weighted by molar-refractivity contribution is 5.82. The lowest BCUT2D eigenvalue weighted by Crippen LogP contribution is -2.46. The summed E-state index contributed by atoms with van der Waals surface area (Å²) in [5.41, 5.74) is 1.13. The van der Waals surface area contributed by atoms with E-state index in [-0.39, 0.29) is 5.92 Å². The van der Waals surface area contributed by atoms with Gasteiger partial charge in [-0.3, -0.25) is 9.48 Å². The van der Waals surface area contributed by atoms with Gasteiger partial charge in [-0.15, -0.1) is 0 Å². The van der Waals surface area contributed by atoms with Gasteiger partial charge in [-0.2, -0.15) is 5.10 Å². The first-order valence-corrected chi connectivity index (χ1v) is 4.97. The lowest BCUT2D eigenvalue weighted by molar-refractivity contribution is -0.124. The van der Waals surface area contributed by atoms with E-state index in [0.717, 1.165) is 25.2 Å². The normalized spacial score (nSPS) is 16.6. The quantitative estimate of drug-likeness (QED) is 0.740. The van der Waals surface area contributed by atoms with E-state index in [4.69, 9.17) is 0 Å². The SMILES string of the molecule is Cn1nccc1CCC(=O)C1CNC1. The third kappa shape index (κ3) is 1.85. The Morgan fingerprint density at radius 2 is 2.50 bits per heavy atom. The predicted molar refractivity (Wildman–Crippen MR) is 52.9 cm³/mol. The smallest absolute Gasteiger partial charge is 0.138 e. The molecule has 4 nitrogen and oxygen atoms in total. The summed E-state index contributed by atoms with van der Waals surface area (Å²) in [5.74, 6) is 0.646. The Labute approximate surface area is 83.3 Å². The maximum atomic E-state index is 11.6. The fraction of sp³-hybridized carbons (Fsp3) is 0.600. The van der Waals surface area contributed by atoms with Gasteiger partial charge in [-0.25, -0.2) is 0 Å². The monoisotopic (exact) mass is 193 g/mol. The minimum atomic E-state index is 0.267. The second kappa shape index (κ2) is 3.92. The highest BCUT2D eigenvalue weighted by Gasteiger charge is 2.24. The standard InChI is InChI=1S/C10H15N3O/c1-13-9(4-5-12-13)2-3-10(14)8-6-11-7-8/h4-5,8,11H,2-3,6-7H2,1H3. The van der Waals surface area contributed by atoms with Gasteiger partial charge in [0.05, 0.1) is 0 Å². The predicted octanol–water partition coefficient (Wildman–Crippen LogP) is 0.141. The third-order valence-electron chi connectivity index (χ3n) is 2.79. The van der Waals surface area contributed by atoms with E-state index >= 15 is 0 Å². The molecule has 1 aromatic rings. The lowest BCUT2D eigenvalue weighted by atomic mass is 9.94. The van der Waals surface area contributed by atoms with Crippen molar-refractivity contribution in [2.75, 3.05) is 13.1 Å². The number of rotatable bonds is 4. The van der Waals surface area contributed by atoms with Crippen LogP contribution >= 0.6 is 0 Å². The van der Waals surface area contributed by atoms with Crippen LogP contribution in [0.5, 0.6) is 0 Å². The molecule has 1 fully saturated rings. The summed E-state index contributed by atoms with van der Waals surface area (Å²) in [5, 5.41) is 7.17. The van der Waals surface area contributed by atoms with Crippen molar-refractivity contribution >= 4 is 5.78 Å². The molecular weight excluding hydrogens is 178 g/mol. The molecule has 4 heteroatoms. The van der Waals surface area contributed by atoms with Crippen molar-refractivity contribution < 1.29 is 4.79 Å². The van der Waals surface area contributed by atoms with E-state index in [2.05, 4.69) is 10.4 Å². The van der Waals surface area contributed by atoms with Gasteiger partial charge in [-0.1, -0.05) is 0 Å². The number of carbonyl (C=O) groups excluding carboxylic acids is 1. The van der Waals surface area contributed by atoms with Gasteiger partial charge in [0.2, 0.25) is 0 Å². The number of ketones is 1. The Hall–Kier alpha value is -1.16. The molecule has 1 saturated heterocycles. The first-order chi connectivity index (χ1) is 6.77. The molecule has 1 aromatic heterocycles.